The number of methoxy groups -OCH3 is 6. The van der Waals surface area contributed by atoms with E-state index in [2.05, 4.69) is 21.4 Å². The van der Waals surface area contributed by atoms with E-state index in [0.29, 0.717) is 48.3 Å². The van der Waals surface area contributed by atoms with Crippen molar-refractivity contribution in [2.45, 2.75) is 26.7 Å². The monoisotopic (exact) mass is 491 g/mol. The predicted molar refractivity (Wildman–Crippen MR) is 139 cm³/mol. The molecule has 0 aromatic heterocycles. The number of carbonyl (C=O) groups is 1. The number of carbonyl (C=O) groups excluding carboxylic acids is 1. The molecule has 0 fully saturated rings. The van der Waals surface area contributed by atoms with Crippen molar-refractivity contribution >= 4 is 5.91 Å². The summed E-state index contributed by atoms with van der Waals surface area (Å²) >= 11 is 0. The summed E-state index contributed by atoms with van der Waals surface area (Å²) in [5.74, 6) is 3.23. The molecule has 0 aliphatic carbocycles. The second-order valence-corrected chi connectivity index (χ2v) is 6.79. The van der Waals surface area contributed by atoms with Gasteiger partial charge in [-0.15, -0.1) is 0 Å². The lowest BCUT2D eigenvalue weighted by Gasteiger charge is -2.13. The molecule has 1 N–H and O–H groups in total. The van der Waals surface area contributed by atoms with Crippen LogP contribution < -0.4 is 24.3 Å². The zero-order chi connectivity index (χ0) is 26.6. The van der Waals surface area contributed by atoms with E-state index >= 15 is 0 Å². The maximum absolute atomic E-state index is 12.2. The molecule has 2 aromatic rings. The molecule has 0 saturated carbocycles. The lowest BCUT2D eigenvalue weighted by atomic mass is 10.1. The first kappa shape index (κ1) is 31.6. The van der Waals surface area contributed by atoms with Crippen molar-refractivity contribution in [3.8, 4) is 23.0 Å². The van der Waals surface area contributed by atoms with E-state index in [4.69, 9.17) is 18.9 Å². The Kier molecular flexibility index (Phi) is 17.1. The first-order chi connectivity index (χ1) is 16.9. The van der Waals surface area contributed by atoms with Gasteiger partial charge in [0.1, 0.15) is 12.4 Å². The van der Waals surface area contributed by atoms with E-state index in [1.165, 1.54) is 0 Å². The van der Waals surface area contributed by atoms with Gasteiger partial charge in [0.2, 0.25) is 5.91 Å². The second kappa shape index (κ2) is 19.0. The molecule has 1 amide bonds. The Bertz CT molecular complexity index is 884. The molecule has 0 unspecified atom stereocenters. The third-order valence-corrected chi connectivity index (χ3v) is 4.61. The summed E-state index contributed by atoms with van der Waals surface area (Å²) in [6, 6.07) is 11.2. The minimum Gasteiger partial charge on any atom is -0.499 e. The summed E-state index contributed by atoms with van der Waals surface area (Å²) in [6.07, 6.45) is 0.924. The van der Waals surface area contributed by atoms with Crippen molar-refractivity contribution in [3.05, 3.63) is 59.9 Å². The number of para-hydroxylation sites is 1. The molecule has 0 aliphatic heterocycles. The van der Waals surface area contributed by atoms with Crippen molar-refractivity contribution < 1.29 is 33.2 Å². The third-order valence-electron chi connectivity index (χ3n) is 4.61. The topological polar surface area (TPSA) is 84.5 Å². The molecule has 0 spiro atoms. The van der Waals surface area contributed by atoms with Gasteiger partial charge in [-0.05, 0) is 35.7 Å². The fourth-order valence-electron chi connectivity index (χ4n) is 2.95. The first-order valence-corrected chi connectivity index (χ1v) is 11.3. The summed E-state index contributed by atoms with van der Waals surface area (Å²) in [6.45, 7) is 8.51. The molecule has 2 aromatic carbocycles. The lowest BCUT2D eigenvalue weighted by Crippen LogP contribution is -2.27. The Balaban J connectivity index is 0.00000110. The predicted octanol–water partition coefficient (Wildman–Crippen LogP) is 4.44. The van der Waals surface area contributed by atoms with Gasteiger partial charge >= 0.3 is 0 Å². The van der Waals surface area contributed by atoms with Crippen LogP contribution in [-0.2, 0) is 27.1 Å². The highest BCUT2D eigenvalue weighted by atomic mass is 16.5. The smallest absolute Gasteiger partial charge is 0.224 e. The van der Waals surface area contributed by atoms with Crippen LogP contribution in [-0.4, -0.2) is 61.7 Å². The Labute approximate surface area is 210 Å². The van der Waals surface area contributed by atoms with Crippen LogP contribution in [0.25, 0.3) is 0 Å². The van der Waals surface area contributed by atoms with E-state index in [1.807, 2.05) is 44.2 Å². The van der Waals surface area contributed by atoms with Crippen LogP contribution in [0.2, 0.25) is 0 Å². The molecule has 2 rings (SSSR count). The summed E-state index contributed by atoms with van der Waals surface area (Å²) < 4.78 is 30.5. The van der Waals surface area contributed by atoms with E-state index in [-0.39, 0.29) is 12.3 Å². The zero-order valence-corrected chi connectivity index (χ0v) is 22.4. The van der Waals surface area contributed by atoms with Crippen LogP contribution in [0, 0.1) is 0 Å². The Morgan fingerprint density at radius 3 is 2.03 bits per heavy atom. The second-order valence-electron chi connectivity index (χ2n) is 6.79. The van der Waals surface area contributed by atoms with Gasteiger partial charge in [-0.2, -0.15) is 0 Å². The minimum atomic E-state index is -0.0564. The number of rotatable bonds is 12. The van der Waals surface area contributed by atoms with Crippen molar-refractivity contribution in [2.75, 3.05) is 55.8 Å². The van der Waals surface area contributed by atoms with Crippen LogP contribution in [0.3, 0.4) is 0 Å². The van der Waals surface area contributed by atoms with Crippen molar-refractivity contribution in [1.29, 1.82) is 0 Å². The summed E-state index contributed by atoms with van der Waals surface area (Å²) in [4.78, 5) is 12.2. The van der Waals surface area contributed by atoms with Gasteiger partial charge in [0, 0.05) is 13.7 Å². The Morgan fingerprint density at radius 2 is 1.51 bits per heavy atom. The Hall–Kier alpha value is -3.39. The molecular weight excluding hydrogens is 450 g/mol. The highest BCUT2D eigenvalue weighted by Crippen LogP contribution is 2.31. The van der Waals surface area contributed by atoms with E-state index in [1.54, 1.807) is 48.7 Å². The van der Waals surface area contributed by atoms with Crippen LogP contribution >= 0.6 is 0 Å². The fourth-order valence-corrected chi connectivity index (χ4v) is 2.95. The molecule has 0 aliphatic rings. The molecule has 35 heavy (non-hydrogen) atoms. The first-order valence-electron chi connectivity index (χ1n) is 11.3. The number of hydrogen-bond acceptors (Lipinski definition) is 7. The molecule has 0 bridgehead atoms. The van der Waals surface area contributed by atoms with Gasteiger partial charge in [-0.25, -0.2) is 0 Å². The third kappa shape index (κ3) is 11.5. The largest absolute Gasteiger partial charge is 0.499 e. The highest BCUT2D eigenvalue weighted by molar-refractivity contribution is 5.78. The van der Waals surface area contributed by atoms with Gasteiger partial charge in [0.25, 0.3) is 0 Å². The van der Waals surface area contributed by atoms with Crippen LogP contribution in [0.1, 0.15) is 25.0 Å². The summed E-state index contributed by atoms with van der Waals surface area (Å²) in [7, 11) is 9.54. The molecule has 8 nitrogen and oxygen atoms in total. The highest BCUT2D eigenvalue weighted by Gasteiger charge is 2.11. The average molecular weight is 492 g/mol. The molecular formula is C27H41NO7. The molecule has 0 atom stereocenters. The van der Waals surface area contributed by atoms with E-state index in [9.17, 15) is 4.79 Å². The number of amides is 1. The van der Waals surface area contributed by atoms with Crippen LogP contribution in [0.5, 0.6) is 23.0 Å². The van der Waals surface area contributed by atoms with Gasteiger partial charge in [0.15, 0.2) is 23.0 Å². The minimum absolute atomic E-state index is 0.0564. The molecule has 0 radical (unpaired) electrons. The zero-order valence-electron chi connectivity index (χ0n) is 22.4. The van der Waals surface area contributed by atoms with Gasteiger partial charge in [-0.3, -0.25) is 4.79 Å². The Morgan fingerprint density at radius 1 is 0.857 bits per heavy atom. The molecule has 0 heterocycles. The van der Waals surface area contributed by atoms with Gasteiger partial charge < -0.3 is 33.7 Å². The number of ether oxygens (including phenoxy) is 6. The molecule has 0 saturated heterocycles. The SMILES string of the molecule is C=C(COC)OC.CC.COc1ccc(CC(=O)NCCc2cccc(OC)c2OC)cc1OC. The normalized spacial score (nSPS) is 9.37. The van der Waals surface area contributed by atoms with Gasteiger partial charge in [-0.1, -0.05) is 38.6 Å². The van der Waals surface area contributed by atoms with Crippen LogP contribution in [0.15, 0.2) is 48.7 Å². The number of benzene rings is 2. The van der Waals surface area contributed by atoms with Crippen molar-refractivity contribution in [1.82, 2.24) is 5.32 Å². The van der Waals surface area contributed by atoms with E-state index < -0.39 is 0 Å². The van der Waals surface area contributed by atoms with Crippen molar-refractivity contribution in [2.24, 2.45) is 0 Å². The van der Waals surface area contributed by atoms with E-state index in [0.717, 1.165) is 11.1 Å². The fraction of sp³-hybridized carbons (Fsp3) is 0.444. The number of nitrogens with one attached hydrogen (secondary N) is 1. The molecule has 196 valence electrons. The van der Waals surface area contributed by atoms with Crippen LogP contribution in [0.4, 0.5) is 0 Å². The molecule has 8 heteroatoms. The van der Waals surface area contributed by atoms with Gasteiger partial charge in [0.05, 0.1) is 42.0 Å². The summed E-state index contributed by atoms with van der Waals surface area (Å²) in [5.41, 5.74) is 1.84. The summed E-state index contributed by atoms with van der Waals surface area (Å²) in [5, 5.41) is 2.93. The van der Waals surface area contributed by atoms with Crippen molar-refractivity contribution in [3.63, 3.8) is 0 Å². The lowest BCUT2D eigenvalue weighted by molar-refractivity contribution is -0.120. The average Bonchev–Trinajstić information content (AvgIpc) is 2.89. The quantitative estimate of drug-likeness (QED) is 0.439. The maximum atomic E-state index is 12.2. The maximum Gasteiger partial charge on any atom is 0.224 e. The standard InChI is InChI=1S/C20H25NO5.C5H10O2.C2H6/c1-23-16-9-8-14(12-18(16)25-3)13-19(22)21-11-10-15-6-5-7-17(24-2)20(15)26-4;1-5(7-3)4-6-2;1-2/h5-9,12H,10-11,13H2,1-4H3,(H,21,22);1,4H2,2-3H3;1-2H3. The number of hydrogen-bond donors (Lipinski definition) is 1.